The van der Waals surface area contributed by atoms with Crippen LogP contribution in [0.15, 0.2) is 30.6 Å². The van der Waals surface area contributed by atoms with Gasteiger partial charge in [-0.2, -0.15) is 0 Å². The summed E-state index contributed by atoms with van der Waals surface area (Å²) >= 11 is 0. The van der Waals surface area contributed by atoms with Crippen LogP contribution in [0.5, 0.6) is 5.75 Å². The first-order valence-electron chi connectivity index (χ1n) is 7.45. The van der Waals surface area contributed by atoms with E-state index in [2.05, 4.69) is 32.1 Å². The van der Waals surface area contributed by atoms with E-state index >= 15 is 0 Å². The Morgan fingerprint density at radius 2 is 2.05 bits per heavy atom. The summed E-state index contributed by atoms with van der Waals surface area (Å²) in [7, 11) is 2.03. The van der Waals surface area contributed by atoms with Gasteiger partial charge < -0.3 is 9.30 Å². The second-order valence-electron chi connectivity index (χ2n) is 5.64. The maximum Gasteiger partial charge on any atom is 0.181 e. The molecule has 0 amide bonds. The highest BCUT2D eigenvalue weighted by atomic mass is 16.5. The molecule has 3 heterocycles. The third kappa shape index (κ3) is 1.78. The van der Waals surface area contributed by atoms with Gasteiger partial charge in [0.25, 0.3) is 0 Å². The summed E-state index contributed by atoms with van der Waals surface area (Å²) in [4.78, 5) is 9.22. The molecule has 0 unspecified atom stereocenters. The number of hydrogen-bond donors (Lipinski definition) is 0. The number of benzene rings is 1. The van der Waals surface area contributed by atoms with Crippen molar-refractivity contribution in [1.29, 1.82) is 0 Å². The monoisotopic (exact) mass is 294 g/mol. The van der Waals surface area contributed by atoms with E-state index < -0.39 is 0 Å². The minimum atomic E-state index is 0.747. The first kappa shape index (κ1) is 13.1. The van der Waals surface area contributed by atoms with Gasteiger partial charge in [-0.15, -0.1) is 0 Å². The van der Waals surface area contributed by atoms with E-state index in [0.29, 0.717) is 0 Å². The zero-order valence-electron chi connectivity index (χ0n) is 13.0. The Morgan fingerprint density at radius 1 is 1.18 bits per heavy atom. The Balaban J connectivity index is 1.91. The molecule has 0 saturated carbocycles. The standard InChI is InChI=1S/C17H18N4O/c1-11-12(2)20(3)17(19-11)16-18-8-9-21(16)14-5-4-6-15-13(14)7-10-22-15/h4-6,8-9H,7,10H2,1-3H3. The highest BCUT2D eigenvalue weighted by molar-refractivity contribution is 5.58. The molecule has 0 spiro atoms. The maximum atomic E-state index is 5.68. The van der Waals surface area contributed by atoms with Crippen LogP contribution in [0.25, 0.3) is 17.3 Å². The average Bonchev–Trinajstić information content (AvgIpc) is 3.22. The summed E-state index contributed by atoms with van der Waals surface area (Å²) in [5.41, 5.74) is 4.56. The van der Waals surface area contributed by atoms with E-state index in [9.17, 15) is 0 Å². The fourth-order valence-corrected chi connectivity index (χ4v) is 3.01. The average molecular weight is 294 g/mol. The van der Waals surface area contributed by atoms with Crippen LogP contribution < -0.4 is 4.74 Å². The van der Waals surface area contributed by atoms with E-state index in [-0.39, 0.29) is 0 Å². The minimum absolute atomic E-state index is 0.747. The summed E-state index contributed by atoms with van der Waals surface area (Å²) in [6, 6.07) is 6.16. The molecular formula is C17H18N4O. The lowest BCUT2D eigenvalue weighted by molar-refractivity contribution is 0.357. The van der Waals surface area contributed by atoms with E-state index in [1.54, 1.807) is 0 Å². The normalized spacial score (nSPS) is 13.2. The molecule has 0 saturated heterocycles. The van der Waals surface area contributed by atoms with Crippen molar-refractivity contribution < 1.29 is 4.74 Å². The van der Waals surface area contributed by atoms with Crippen molar-refractivity contribution in [3.05, 3.63) is 47.5 Å². The molecule has 1 aromatic carbocycles. The Hall–Kier alpha value is -2.56. The third-order valence-corrected chi connectivity index (χ3v) is 4.44. The van der Waals surface area contributed by atoms with Crippen molar-refractivity contribution in [2.45, 2.75) is 20.3 Å². The molecule has 1 aliphatic heterocycles. The van der Waals surface area contributed by atoms with E-state index in [1.807, 2.05) is 38.5 Å². The summed E-state index contributed by atoms with van der Waals surface area (Å²) in [6.07, 6.45) is 4.74. The van der Waals surface area contributed by atoms with Crippen LogP contribution in [-0.2, 0) is 13.5 Å². The molecule has 0 N–H and O–H groups in total. The van der Waals surface area contributed by atoms with Crippen molar-refractivity contribution >= 4 is 0 Å². The lowest BCUT2D eigenvalue weighted by Crippen LogP contribution is -2.04. The molecule has 0 radical (unpaired) electrons. The van der Waals surface area contributed by atoms with Crippen LogP contribution in [0.2, 0.25) is 0 Å². The first-order valence-corrected chi connectivity index (χ1v) is 7.45. The molecule has 4 rings (SSSR count). The van der Waals surface area contributed by atoms with Gasteiger partial charge in [0.05, 0.1) is 18.0 Å². The van der Waals surface area contributed by atoms with Crippen molar-refractivity contribution in [3.63, 3.8) is 0 Å². The molecule has 3 aromatic rings. The van der Waals surface area contributed by atoms with Gasteiger partial charge in [0.2, 0.25) is 0 Å². The van der Waals surface area contributed by atoms with Crippen molar-refractivity contribution in [2.75, 3.05) is 6.61 Å². The van der Waals surface area contributed by atoms with Crippen LogP contribution in [-0.4, -0.2) is 25.7 Å². The number of rotatable bonds is 2. The second kappa shape index (κ2) is 4.73. The lowest BCUT2D eigenvalue weighted by Gasteiger charge is -2.11. The van der Waals surface area contributed by atoms with E-state index in [0.717, 1.165) is 47.5 Å². The zero-order chi connectivity index (χ0) is 15.3. The van der Waals surface area contributed by atoms with Gasteiger partial charge in [-0.3, -0.25) is 4.57 Å². The summed E-state index contributed by atoms with van der Waals surface area (Å²) in [5.74, 6) is 2.72. The number of imidazole rings is 2. The molecule has 22 heavy (non-hydrogen) atoms. The molecule has 112 valence electrons. The number of hydrogen-bond acceptors (Lipinski definition) is 3. The summed E-state index contributed by atoms with van der Waals surface area (Å²) < 4.78 is 9.87. The van der Waals surface area contributed by atoms with Gasteiger partial charge in [-0.05, 0) is 26.0 Å². The smallest absolute Gasteiger partial charge is 0.181 e. The number of aromatic nitrogens is 4. The fourth-order valence-electron chi connectivity index (χ4n) is 3.01. The molecular weight excluding hydrogens is 276 g/mol. The Kier molecular flexibility index (Phi) is 2.82. The van der Waals surface area contributed by atoms with Gasteiger partial charge in [0.15, 0.2) is 11.6 Å². The molecule has 0 aliphatic carbocycles. The zero-order valence-corrected chi connectivity index (χ0v) is 13.0. The molecule has 0 atom stereocenters. The van der Waals surface area contributed by atoms with Crippen LogP contribution in [0.3, 0.4) is 0 Å². The molecule has 5 heteroatoms. The van der Waals surface area contributed by atoms with Gasteiger partial charge in [-0.1, -0.05) is 6.07 Å². The van der Waals surface area contributed by atoms with Gasteiger partial charge in [0, 0.05) is 37.1 Å². The summed E-state index contributed by atoms with van der Waals surface area (Å²) in [5, 5.41) is 0. The van der Waals surface area contributed by atoms with Gasteiger partial charge >= 0.3 is 0 Å². The topological polar surface area (TPSA) is 44.9 Å². The van der Waals surface area contributed by atoms with Crippen LogP contribution in [0.4, 0.5) is 0 Å². The van der Waals surface area contributed by atoms with Gasteiger partial charge in [-0.25, -0.2) is 9.97 Å². The highest BCUT2D eigenvalue weighted by Crippen LogP contribution is 2.32. The number of aryl methyl sites for hydroxylation is 1. The largest absolute Gasteiger partial charge is 0.493 e. The molecule has 0 bridgehead atoms. The Morgan fingerprint density at radius 3 is 2.82 bits per heavy atom. The van der Waals surface area contributed by atoms with E-state index in [4.69, 9.17) is 4.74 Å². The lowest BCUT2D eigenvalue weighted by atomic mass is 10.1. The SMILES string of the molecule is Cc1nc(-c2nccn2-c2cccc3c2CCO3)n(C)c1C. The molecule has 1 aliphatic rings. The Bertz CT molecular complexity index is 860. The predicted molar refractivity (Wildman–Crippen MR) is 84.4 cm³/mol. The highest BCUT2D eigenvalue weighted by Gasteiger charge is 2.21. The Labute approximate surface area is 129 Å². The van der Waals surface area contributed by atoms with E-state index in [1.165, 1.54) is 5.56 Å². The maximum absolute atomic E-state index is 5.68. The van der Waals surface area contributed by atoms with Crippen LogP contribution in [0.1, 0.15) is 17.0 Å². The fraction of sp³-hybridized carbons (Fsp3) is 0.294. The second-order valence-corrected chi connectivity index (χ2v) is 5.64. The van der Waals surface area contributed by atoms with Gasteiger partial charge in [0.1, 0.15) is 5.75 Å². The third-order valence-electron chi connectivity index (χ3n) is 4.44. The molecule has 5 nitrogen and oxygen atoms in total. The minimum Gasteiger partial charge on any atom is -0.493 e. The number of nitrogens with zero attached hydrogens (tertiary/aromatic N) is 4. The van der Waals surface area contributed by atoms with Crippen molar-refractivity contribution in [3.8, 4) is 23.1 Å². The number of ether oxygens (including phenoxy) is 1. The number of fused-ring (bicyclic) bond motifs is 1. The summed E-state index contributed by atoms with van der Waals surface area (Å²) in [6.45, 7) is 4.85. The van der Waals surface area contributed by atoms with Crippen LogP contribution in [0, 0.1) is 13.8 Å². The van der Waals surface area contributed by atoms with Crippen molar-refractivity contribution in [1.82, 2.24) is 19.1 Å². The van der Waals surface area contributed by atoms with Crippen molar-refractivity contribution in [2.24, 2.45) is 7.05 Å². The quantitative estimate of drug-likeness (QED) is 0.730. The molecule has 2 aromatic heterocycles. The predicted octanol–water partition coefficient (Wildman–Crippen LogP) is 2.82. The van der Waals surface area contributed by atoms with Crippen LogP contribution >= 0.6 is 0 Å². The first-order chi connectivity index (χ1) is 10.7. The molecule has 0 fully saturated rings.